The van der Waals surface area contributed by atoms with Crippen molar-refractivity contribution in [2.24, 2.45) is 0 Å². The molecule has 3 aromatic rings. The summed E-state index contributed by atoms with van der Waals surface area (Å²) < 4.78 is 29.1. The van der Waals surface area contributed by atoms with E-state index in [9.17, 15) is 8.42 Å². The van der Waals surface area contributed by atoms with Gasteiger partial charge in [-0.15, -0.1) is 0 Å². The van der Waals surface area contributed by atoms with Crippen molar-refractivity contribution in [3.05, 3.63) is 59.1 Å². The lowest BCUT2D eigenvalue weighted by molar-refractivity contribution is 0.573. The van der Waals surface area contributed by atoms with Crippen LogP contribution in [-0.4, -0.2) is 38.6 Å². The maximum absolute atomic E-state index is 13.4. The van der Waals surface area contributed by atoms with Crippen LogP contribution in [0.3, 0.4) is 0 Å². The maximum Gasteiger partial charge on any atom is 0.269 e. The van der Waals surface area contributed by atoms with Crippen molar-refractivity contribution < 1.29 is 8.42 Å². The third kappa shape index (κ3) is 2.96. The summed E-state index contributed by atoms with van der Waals surface area (Å²) >= 11 is 3.36. The number of halogens is 1. The van der Waals surface area contributed by atoms with Crippen LogP contribution in [0.15, 0.2) is 64.0 Å². The van der Waals surface area contributed by atoms with Crippen molar-refractivity contribution in [2.45, 2.75) is 4.90 Å². The number of hydrogen-bond acceptors (Lipinski definition) is 4. The second-order valence-corrected chi connectivity index (χ2v) is 8.72. The predicted molar refractivity (Wildman–Crippen MR) is 104 cm³/mol. The summed E-state index contributed by atoms with van der Waals surface area (Å²) in [5, 5.41) is 4.24. The Balaban J connectivity index is 1.94. The van der Waals surface area contributed by atoms with Gasteiger partial charge in [-0.25, -0.2) is 12.4 Å². The highest BCUT2D eigenvalue weighted by Gasteiger charge is 2.26. The molecule has 25 heavy (non-hydrogen) atoms. The molecule has 2 aromatic carbocycles. The predicted octanol–water partition coefficient (Wildman–Crippen LogP) is 3.05. The molecule has 1 fully saturated rings. The quantitative estimate of drug-likeness (QED) is 0.708. The number of aromatic nitrogens is 1. The van der Waals surface area contributed by atoms with Crippen molar-refractivity contribution in [2.75, 3.05) is 31.1 Å². The van der Waals surface area contributed by atoms with Crippen LogP contribution in [0.2, 0.25) is 0 Å². The second-order valence-electron chi connectivity index (χ2n) is 6.02. The van der Waals surface area contributed by atoms with Crippen LogP contribution in [0.4, 0.5) is 5.82 Å². The molecule has 130 valence electrons. The standard InChI is InChI=1S/C18H18BrN3O2S/c19-15-5-7-16(8-6-15)25(23,24)22-17-4-2-1-3-14(17)13-18(22)21-11-9-20-10-12-21/h1-8,13,20H,9-12H2. The first kappa shape index (κ1) is 16.6. The van der Waals surface area contributed by atoms with Crippen LogP contribution in [0.1, 0.15) is 0 Å². The Bertz CT molecular complexity index is 1010. The topological polar surface area (TPSA) is 54.3 Å². The molecule has 2 heterocycles. The van der Waals surface area contributed by atoms with E-state index in [1.54, 1.807) is 24.3 Å². The minimum absolute atomic E-state index is 0.286. The smallest absolute Gasteiger partial charge is 0.269 e. The van der Waals surface area contributed by atoms with Gasteiger partial charge in [-0.05, 0) is 36.4 Å². The van der Waals surface area contributed by atoms with Crippen molar-refractivity contribution >= 4 is 42.7 Å². The van der Waals surface area contributed by atoms with Crippen molar-refractivity contribution in [1.82, 2.24) is 9.29 Å². The van der Waals surface area contributed by atoms with Crippen molar-refractivity contribution in [3.63, 3.8) is 0 Å². The first-order valence-corrected chi connectivity index (χ1v) is 10.4. The molecule has 0 saturated carbocycles. The number of fused-ring (bicyclic) bond motifs is 1. The summed E-state index contributed by atoms with van der Waals surface area (Å²) in [5.74, 6) is 0.727. The minimum Gasteiger partial charge on any atom is -0.355 e. The van der Waals surface area contributed by atoms with Crippen LogP contribution in [0, 0.1) is 0 Å². The molecule has 1 aliphatic rings. The van der Waals surface area contributed by atoms with E-state index >= 15 is 0 Å². The zero-order valence-electron chi connectivity index (χ0n) is 13.5. The molecule has 0 atom stereocenters. The number of piperazine rings is 1. The number of nitrogens with one attached hydrogen (secondary N) is 1. The highest BCUT2D eigenvalue weighted by Crippen LogP contribution is 2.31. The van der Waals surface area contributed by atoms with Gasteiger partial charge in [0.15, 0.2) is 0 Å². The van der Waals surface area contributed by atoms with Gasteiger partial charge in [-0.1, -0.05) is 34.1 Å². The molecule has 7 heteroatoms. The lowest BCUT2D eigenvalue weighted by Gasteiger charge is -2.30. The molecule has 1 aromatic heterocycles. The molecule has 0 aliphatic carbocycles. The van der Waals surface area contributed by atoms with Crippen LogP contribution in [0.25, 0.3) is 10.9 Å². The molecule has 0 bridgehead atoms. The van der Waals surface area contributed by atoms with E-state index in [1.807, 2.05) is 30.3 Å². The number of nitrogens with zero attached hydrogens (tertiary/aromatic N) is 2. The molecular formula is C18H18BrN3O2S. The van der Waals surface area contributed by atoms with Crippen molar-refractivity contribution in [3.8, 4) is 0 Å². The van der Waals surface area contributed by atoms with E-state index in [0.717, 1.165) is 41.9 Å². The number of rotatable bonds is 3. The van der Waals surface area contributed by atoms with Crippen LogP contribution in [-0.2, 0) is 10.0 Å². The number of benzene rings is 2. The fourth-order valence-corrected chi connectivity index (χ4v) is 4.99. The minimum atomic E-state index is -3.69. The molecule has 0 radical (unpaired) electrons. The highest BCUT2D eigenvalue weighted by molar-refractivity contribution is 9.10. The summed E-state index contributed by atoms with van der Waals surface area (Å²) in [6, 6.07) is 16.4. The van der Waals surface area contributed by atoms with Gasteiger partial charge in [0.1, 0.15) is 5.82 Å². The molecule has 5 nitrogen and oxygen atoms in total. The molecule has 1 saturated heterocycles. The largest absolute Gasteiger partial charge is 0.355 e. The highest BCUT2D eigenvalue weighted by atomic mass is 79.9. The normalized spacial score (nSPS) is 15.6. The van der Waals surface area contributed by atoms with Crippen LogP contribution >= 0.6 is 15.9 Å². The molecular weight excluding hydrogens is 402 g/mol. The van der Waals surface area contributed by atoms with Crippen LogP contribution < -0.4 is 10.2 Å². The van der Waals surface area contributed by atoms with Gasteiger partial charge in [0.2, 0.25) is 0 Å². The van der Waals surface area contributed by atoms with Crippen molar-refractivity contribution in [1.29, 1.82) is 0 Å². The van der Waals surface area contributed by atoms with Gasteiger partial charge in [-0.3, -0.25) is 0 Å². The third-order valence-corrected chi connectivity index (χ3v) is 6.70. The van der Waals surface area contributed by atoms with E-state index < -0.39 is 10.0 Å². The molecule has 0 unspecified atom stereocenters. The van der Waals surface area contributed by atoms with Gasteiger partial charge in [0.25, 0.3) is 10.0 Å². The Morgan fingerprint density at radius 2 is 1.64 bits per heavy atom. The Morgan fingerprint density at radius 3 is 2.36 bits per heavy atom. The van der Waals surface area contributed by atoms with E-state index in [-0.39, 0.29) is 4.90 Å². The van der Waals surface area contributed by atoms with E-state index in [0.29, 0.717) is 5.52 Å². The average Bonchev–Trinajstić information content (AvgIpc) is 3.03. The summed E-state index contributed by atoms with van der Waals surface area (Å²) in [6.45, 7) is 3.26. The lowest BCUT2D eigenvalue weighted by Crippen LogP contribution is -2.44. The average molecular weight is 420 g/mol. The zero-order chi connectivity index (χ0) is 17.4. The Labute approximate surface area is 155 Å². The number of anilines is 1. The first-order chi connectivity index (χ1) is 12.1. The SMILES string of the molecule is O=S(=O)(c1ccc(Br)cc1)n1c(N2CCNCC2)cc2ccccc21. The van der Waals surface area contributed by atoms with Gasteiger partial charge < -0.3 is 10.2 Å². The molecule has 1 N–H and O–H groups in total. The van der Waals surface area contributed by atoms with Crippen LogP contribution in [0.5, 0.6) is 0 Å². The number of para-hydroxylation sites is 1. The molecule has 0 spiro atoms. The van der Waals surface area contributed by atoms with E-state index in [2.05, 4.69) is 26.1 Å². The number of hydrogen-bond donors (Lipinski definition) is 1. The monoisotopic (exact) mass is 419 g/mol. The summed E-state index contributed by atoms with van der Waals surface area (Å²) in [7, 11) is -3.69. The fraction of sp³-hybridized carbons (Fsp3) is 0.222. The Kier molecular flexibility index (Phi) is 4.31. The fourth-order valence-electron chi connectivity index (χ4n) is 3.19. The van der Waals surface area contributed by atoms with Gasteiger partial charge in [0.05, 0.1) is 10.4 Å². The summed E-state index contributed by atoms with van der Waals surface area (Å²) in [5.41, 5.74) is 0.707. The van der Waals surface area contributed by atoms with Gasteiger partial charge >= 0.3 is 0 Å². The third-order valence-electron chi connectivity index (χ3n) is 4.44. The maximum atomic E-state index is 13.4. The summed E-state index contributed by atoms with van der Waals surface area (Å²) in [6.07, 6.45) is 0. The lowest BCUT2D eigenvalue weighted by atomic mass is 10.2. The molecule has 4 rings (SSSR count). The van der Waals surface area contributed by atoms with Gasteiger partial charge in [-0.2, -0.15) is 0 Å². The molecule has 0 amide bonds. The Hall–Kier alpha value is -1.83. The van der Waals surface area contributed by atoms with E-state index in [1.165, 1.54) is 3.97 Å². The summed E-state index contributed by atoms with van der Waals surface area (Å²) in [4.78, 5) is 2.42. The Morgan fingerprint density at radius 1 is 0.960 bits per heavy atom. The molecule has 1 aliphatic heterocycles. The van der Waals surface area contributed by atoms with Gasteiger partial charge in [0, 0.05) is 36.0 Å². The first-order valence-electron chi connectivity index (χ1n) is 8.15. The zero-order valence-corrected chi connectivity index (χ0v) is 15.9. The second kappa shape index (κ2) is 6.48. The van der Waals surface area contributed by atoms with E-state index in [4.69, 9.17) is 0 Å².